The number of anilines is 1. The van der Waals surface area contributed by atoms with Gasteiger partial charge in [-0.1, -0.05) is 29.8 Å². The highest BCUT2D eigenvalue weighted by atomic mass is 35.5. The SMILES string of the molecule is Cc1nn(Cc2ccccc2Cl)c(C)c1NC(=O)C(C)n1nccc1C(=O)O. The van der Waals surface area contributed by atoms with Gasteiger partial charge in [-0.15, -0.1) is 0 Å². The minimum atomic E-state index is -1.14. The molecule has 2 aromatic heterocycles. The number of hydrogen-bond acceptors (Lipinski definition) is 4. The van der Waals surface area contributed by atoms with Gasteiger partial charge in [0.2, 0.25) is 5.91 Å². The number of carboxylic acid groups (broad SMARTS) is 1. The van der Waals surface area contributed by atoms with Gasteiger partial charge in [-0.3, -0.25) is 9.48 Å². The van der Waals surface area contributed by atoms with Crippen molar-refractivity contribution in [1.29, 1.82) is 0 Å². The summed E-state index contributed by atoms with van der Waals surface area (Å²) in [6.07, 6.45) is 1.35. The normalized spacial score (nSPS) is 12.0. The van der Waals surface area contributed by atoms with E-state index in [1.807, 2.05) is 31.2 Å². The van der Waals surface area contributed by atoms with Crippen LogP contribution in [-0.2, 0) is 11.3 Å². The molecule has 0 aliphatic carbocycles. The van der Waals surface area contributed by atoms with E-state index in [9.17, 15) is 14.7 Å². The molecule has 1 unspecified atom stereocenters. The van der Waals surface area contributed by atoms with Crippen molar-refractivity contribution in [2.45, 2.75) is 33.4 Å². The zero-order valence-corrected chi connectivity index (χ0v) is 16.4. The van der Waals surface area contributed by atoms with Gasteiger partial charge in [-0.25, -0.2) is 9.48 Å². The first kappa shape index (κ1) is 19.6. The van der Waals surface area contributed by atoms with Crippen LogP contribution in [0.25, 0.3) is 0 Å². The summed E-state index contributed by atoms with van der Waals surface area (Å²) in [5, 5.41) is 21.2. The van der Waals surface area contributed by atoms with Gasteiger partial charge >= 0.3 is 5.97 Å². The lowest BCUT2D eigenvalue weighted by molar-refractivity contribution is -0.119. The number of carbonyl (C=O) groups excluding carboxylic acids is 1. The number of rotatable bonds is 6. The number of aryl methyl sites for hydroxylation is 1. The minimum Gasteiger partial charge on any atom is -0.477 e. The molecule has 2 heterocycles. The van der Waals surface area contributed by atoms with E-state index >= 15 is 0 Å². The fraction of sp³-hybridized carbons (Fsp3) is 0.263. The summed E-state index contributed by atoms with van der Waals surface area (Å²) in [6, 6.07) is 8.06. The summed E-state index contributed by atoms with van der Waals surface area (Å²) < 4.78 is 2.95. The molecule has 0 aliphatic rings. The molecule has 2 N–H and O–H groups in total. The number of carbonyl (C=O) groups is 2. The molecule has 0 saturated carbocycles. The molecule has 3 aromatic rings. The predicted molar refractivity (Wildman–Crippen MR) is 105 cm³/mol. The lowest BCUT2D eigenvalue weighted by Crippen LogP contribution is -2.27. The van der Waals surface area contributed by atoms with Crippen LogP contribution in [0, 0.1) is 13.8 Å². The largest absolute Gasteiger partial charge is 0.477 e. The summed E-state index contributed by atoms with van der Waals surface area (Å²) in [5.74, 6) is -1.52. The standard InChI is InChI=1S/C19H20ClN5O3/c1-11-17(12(2)24(23-11)10-14-6-4-5-7-15(14)20)22-18(26)13(3)25-16(19(27)28)8-9-21-25/h4-9,13H,10H2,1-3H3,(H,22,26)(H,27,28). The van der Waals surface area contributed by atoms with Gasteiger partial charge < -0.3 is 10.4 Å². The molecular weight excluding hydrogens is 382 g/mol. The summed E-state index contributed by atoms with van der Waals surface area (Å²) in [6.45, 7) is 5.72. The third-order valence-corrected chi connectivity index (χ3v) is 4.91. The molecule has 1 aromatic carbocycles. The Morgan fingerprint density at radius 2 is 1.96 bits per heavy atom. The zero-order valence-electron chi connectivity index (χ0n) is 15.7. The van der Waals surface area contributed by atoms with E-state index in [0.717, 1.165) is 11.3 Å². The molecule has 0 spiro atoms. The third-order valence-electron chi connectivity index (χ3n) is 4.54. The molecule has 0 radical (unpaired) electrons. The lowest BCUT2D eigenvalue weighted by Gasteiger charge is -2.14. The van der Waals surface area contributed by atoms with E-state index in [1.54, 1.807) is 18.5 Å². The second-order valence-electron chi connectivity index (χ2n) is 6.43. The molecule has 1 atom stereocenters. The molecule has 0 aliphatic heterocycles. The van der Waals surface area contributed by atoms with Gasteiger partial charge in [0.25, 0.3) is 0 Å². The molecule has 1 amide bonds. The van der Waals surface area contributed by atoms with Crippen LogP contribution in [0.2, 0.25) is 5.02 Å². The number of benzene rings is 1. The third kappa shape index (κ3) is 3.77. The van der Waals surface area contributed by atoms with Crippen molar-refractivity contribution in [1.82, 2.24) is 19.6 Å². The highest BCUT2D eigenvalue weighted by molar-refractivity contribution is 6.31. The first-order valence-electron chi connectivity index (χ1n) is 8.64. The van der Waals surface area contributed by atoms with Gasteiger partial charge in [-0.2, -0.15) is 10.2 Å². The second-order valence-corrected chi connectivity index (χ2v) is 6.83. The lowest BCUT2D eigenvalue weighted by atomic mass is 10.2. The van der Waals surface area contributed by atoms with Crippen molar-refractivity contribution in [2.24, 2.45) is 0 Å². The fourth-order valence-corrected chi connectivity index (χ4v) is 3.15. The summed E-state index contributed by atoms with van der Waals surface area (Å²) in [4.78, 5) is 24.0. The maximum absolute atomic E-state index is 12.7. The van der Waals surface area contributed by atoms with Gasteiger partial charge in [0, 0.05) is 11.2 Å². The monoisotopic (exact) mass is 401 g/mol. The number of halogens is 1. The molecule has 146 valence electrons. The number of carboxylic acids is 1. The molecule has 3 rings (SSSR count). The van der Waals surface area contributed by atoms with Crippen molar-refractivity contribution in [2.75, 3.05) is 5.32 Å². The molecule has 8 nitrogen and oxygen atoms in total. The number of aromatic nitrogens is 4. The van der Waals surface area contributed by atoms with Crippen molar-refractivity contribution >= 4 is 29.2 Å². The Bertz CT molecular complexity index is 1040. The van der Waals surface area contributed by atoms with Crippen LogP contribution in [0.1, 0.15) is 40.4 Å². The summed E-state index contributed by atoms with van der Waals surface area (Å²) in [5.41, 5.74) is 2.89. The molecule has 0 bridgehead atoms. The van der Waals surface area contributed by atoms with Crippen LogP contribution in [0.15, 0.2) is 36.5 Å². The molecule has 28 heavy (non-hydrogen) atoms. The number of hydrogen-bond donors (Lipinski definition) is 2. The zero-order chi connectivity index (χ0) is 20.4. The van der Waals surface area contributed by atoms with Crippen molar-refractivity contribution in [3.05, 3.63) is 64.2 Å². The average molecular weight is 402 g/mol. The highest BCUT2D eigenvalue weighted by Gasteiger charge is 2.23. The summed E-state index contributed by atoms with van der Waals surface area (Å²) in [7, 11) is 0. The summed E-state index contributed by atoms with van der Waals surface area (Å²) >= 11 is 6.23. The van der Waals surface area contributed by atoms with Crippen LogP contribution in [-0.4, -0.2) is 36.5 Å². The number of nitrogens with one attached hydrogen (secondary N) is 1. The van der Waals surface area contributed by atoms with Gasteiger partial charge in [-0.05, 0) is 38.5 Å². The first-order valence-corrected chi connectivity index (χ1v) is 9.02. The van der Waals surface area contributed by atoms with E-state index in [0.29, 0.717) is 22.9 Å². The molecular formula is C19H20ClN5O3. The molecule has 9 heteroatoms. The Balaban J connectivity index is 1.82. The second kappa shape index (κ2) is 7.85. The van der Waals surface area contributed by atoms with E-state index in [1.165, 1.54) is 16.9 Å². The number of aromatic carboxylic acids is 1. The van der Waals surface area contributed by atoms with Crippen LogP contribution in [0.3, 0.4) is 0 Å². The fourth-order valence-electron chi connectivity index (χ4n) is 2.95. The van der Waals surface area contributed by atoms with Gasteiger partial charge in [0.1, 0.15) is 11.7 Å². The Kier molecular flexibility index (Phi) is 5.51. The first-order chi connectivity index (χ1) is 13.3. The van der Waals surface area contributed by atoms with Crippen molar-refractivity contribution in [3.8, 4) is 0 Å². The minimum absolute atomic E-state index is 0.0505. The predicted octanol–water partition coefficient (Wildman–Crippen LogP) is 3.30. The molecule has 0 fully saturated rings. The van der Waals surface area contributed by atoms with E-state index in [2.05, 4.69) is 15.5 Å². The highest BCUT2D eigenvalue weighted by Crippen LogP contribution is 2.24. The molecule has 0 saturated heterocycles. The number of amides is 1. The van der Waals surface area contributed by atoms with Gasteiger partial charge in [0.15, 0.2) is 0 Å². The van der Waals surface area contributed by atoms with E-state index in [-0.39, 0.29) is 11.6 Å². The van der Waals surface area contributed by atoms with Crippen molar-refractivity contribution < 1.29 is 14.7 Å². The Morgan fingerprint density at radius 1 is 1.25 bits per heavy atom. The topological polar surface area (TPSA) is 102 Å². The van der Waals surface area contributed by atoms with Crippen LogP contribution < -0.4 is 5.32 Å². The Hall–Kier alpha value is -3.13. The van der Waals surface area contributed by atoms with E-state index < -0.39 is 12.0 Å². The maximum atomic E-state index is 12.7. The van der Waals surface area contributed by atoms with E-state index in [4.69, 9.17) is 11.6 Å². The van der Waals surface area contributed by atoms with Crippen LogP contribution in [0.4, 0.5) is 5.69 Å². The van der Waals surface area contributed by atoms with Crippen molar-refractivity contribution in [3.63, 3.8) is 0 Å². The Labute approximate surface area is 166 Å². The quantitative estimate of drug-likeness (QED) is 0.659. The van der Waals surface area contributed by atoms with Gasteiger partial charge in [0.05, 0.1) is 23.6 Å². The van der Waals surface area contributed by atoms with Crippen LogP contribution >= 0.6 is 11.6 Å². The Morgan fingerprint density at radius 3 is 2.64 bits per heavy atom. The number of nitrogens with zero attached hydrogens (tertiary/aromatic N) is 4. The average Bonchev–Trinajstić information content (AvgIpc) is 3.24. The smallest absolute Gasteiger partial charge is 0.354 e. The maximum Gasteiger partial charge on any atom is 0.354 e. The van der Waals surface area contributed by atoms with Crippen LogP contribution in [0.5, 0.6) is 0 Å².